The molecule has 3 heteroatoms. The molecule has 0 spiro atoms. The lowest BCUT2D eigenvalue weighted by Gasteiger charge is -2.25. The van der Waals surface area contributed by atoms with E-state index >= 15 is 0 Å². The Morgan fingerprint density at radius 2 is 1.00 bits per heavy atom. The zero-order valence-corrected chi connectivity index (χ0v) is 19.8. The van der Waals surface area contributed by atoms with Gasteiger partial charge < -0.3 is 4.90 Å². The maximum Gasteiger partial charge on any atom is 0.123 e. The molecular weight excluding hydrogens is 460 g/mol. The molecule has 0 aliphatic rings. The molecule has 6 rings (SSSR count). The number of nitrogens with zero attached hydrogens (tertiary/aromatic N) is 1. The van der Waals surface area contributed by atoms with E-state index in [4.69, 9.17) is 2.74 Å². The van der Waals surface area contributed by atoms with E-state index in [1.165, 1.54) is 24.3 Å². The molecule has 0 saturated heterocycles. The molecule has 6 aromatic carbocycles. The normalized spacial score (nSPS) is 12.7. The fourth-order valence-electron chi connectivity index (χ4n) is 4.62. The summed E-state index contributed by atoms with van der Waals surface area (Å²) in [7, 11) is 0. The highest BCUT2D eigenvalue weighted by Gasteiger charge is 2.13. The van der Waals surface area contributed by atoms with Gasteiger partial charge in [0, 0.05) is 17.1 Å². The van der Waals surface area contributed by atoms with E-state index in [9.17, 15) is 8.78 Å². The molecule has 0 N–H and O–H groups in total. The minimum Gasteiger partial charge on any atom is -0.310 e. The molecule has 0 aliphatic heterocycles. The van der Waals surface area contributed by atoms with E-state index in [-0.39, 0.29) is 23.7 Å². The second kappa shape index (κ2) is 9.71. The highest BCUT2D eigenvalue weighted by Crippen LogP contribution is 2.35. The molecule has 0 atom stereocenters. The molecule has 0 saturated carbocycles. The predicted octanol–water partition coefficient (Wildman–Crippen LogP) is 9.91. The number of anilines is 3. The lowest BCUT2D eigenvalue weighted by molar-refractivity contribution is 0.628. The van der Waals surface area contributed by atoms with E-state index in [1.807, 2.05) is 65.6 Å². The number of hydrogen-bond donors (Lipinski definition) is 0. The monoisotopic (exact) mass is 485 g/mol. The summed E-state index contributed by atoms with van der Waals surface area (Å²) < 4.78 is 45.1. The zero-order chi connectivity index (χ0) is 26.9. The SMILES string of the molecule is [2H]/C(=C(/[2H])c1cc2ccccc2c2ccccc12)c1ccc(N(c2ccc(F)cc2)c2ccc(F)cc2)cc1. The predicted molar refractivity (Wildman–Crippen MR) is 151 cm³/mol. The third kappa shape index (κ3) is 4.60. The highest BCUT2D eigenvalue weighted by molar-refractivity contribution is 6.11. The van der Waals surface area contributed by atoms with Crippen LogP contribution in [0, 0.1) is 11.6 Å². The van der Waals surface area contributed by atoms with Gasteiger partial charge >= 0.3 is 0 Å². The molecule has 0 bridgehead atoms. The van der Waals surface area contributed by atoms with Crippen LogP contribution in [0.15, 0.2) is 127 Å². The molecule has 6 aromatic rings. The van der Waals surface area contributed by atoms with Crippen LogP contribution < -0.4 is 4.90 Å². The average Bonchev–Trinajstić information content (AvgIpc) is 2.98. The van der Waals surface area contributed by atoms with Gasteiger partial charge in [-0.25, -0.2) is 8.78 Å². The van der Waals surface area contributed by atoms with Crippen LogP contribution in [0.1, 0.15) is 13.9 Å². The van der Waals surface area contributed by atoms with Crippen molar-refractivity contribution in [3.05, 3.63) is 150 Å². The van der Waals surface area contributed by atoms with Crippen LogP contribution in [-0.2, 0) is 0 Å². The Morgan fingerprint density at radius 3 is 1.59 bits per heavy atom. The Kier molecular flexibility index (Phi) is 5.36. The first-order chi connectivity index (χ1) is 19.0. The van der Waals surface area contributed by atoms with Gasteiger partial charge in [0.25, 0.3) is 0 Å². The Hall–Kier alpha value is -4.76. The smallest absolute Gasteiger partial charge is 0.123 e. The minimum atomic E-state index is -0.346. The van der Waals surface area contributed by atoms with Crippen molar-refractivity contribution in [2.75, 3.05) is 4.90 Å². The molecule has 0 aliphatic carbocycles. The standard InChI is InChI=1S/C34H23F2N/c35-27-13-19-30(20-14-27)37(31-21-15-28(36)16-22-31)29-17-10-24(11-18-29)9-12-26-23-25-5-1-2-6-32(25)34-8-4-3-7-33(26)34/h1-23H/b12-9+/i9D,12D. The summed E-state index contributed by atoms with van der Waals surface area (Å²) in [4.78, 5) is 1.88. The van der Waals surface area contributed by atoms with Gasteiger partial charge in [0.2, 0.25) is 0 Å². The van der Waals surface area contributed by atoms with Crippen molar-refractivity contribution in [2.24, 2.45) is 0 Å². The van der Waals surface area contributed by atoms with Crippen molar-refractivity contribution >= 4 is 50.7 Å². The van der Waals surface area contributed by atoms with Crippen molar-refractivity contribution in [1.29, 1.82) is 0 Å². The Bertz CT molecular complexity index is 1780. The Morgan fingerprint density at radius 1 is 0.514 bits per heavy atom. The first-order valence-electron chi connectivity index (χ1n) is 13.0. The highest BCUT2D eigenvalue weighted by atomic mass is 19.1. The second-order valence-electron chi connectivity index (χ2n) is 8.78. The molecule has 0 radical (unpaired) electrons. The van der Waals surface area contributed by atoms with Gasteiger partial charge in [-0.15, -0.1) is 0 Å². The number of fused-ring (bicyclic) bond motifs is 3. The van der Waals surface area contributed by atoms with Crippen LogP contribution in [0.4, 0.5) is 25.8 Å². The molecule has 0 amide bonds. The summed E-state index contributed by atoms with van der Waals surface area (Å²) >= 11 is 0. The molecule has 178 valence electrons. The van der Waals surface area contributed by atoms with E-state index in [0.717, 1.165) is 27.2 Å². The summed E-state index contributed by atoms with van der Waals surface area (Å²) in [6.45, 7) is 0. The average molecular weight is 486 g/mol. The minimum absolute atomic E-state index is 0.108. The van der Waals surface area contributed by atoms with Crippen molar-refractivity contribution in [3.63, 3.8) is 0 Å². The summed E-state index contributed by atoms with van der Waals surface area (Å²) in [6.07, 6.45) is 0. The van der Waals surface area contributed by atoms with Gasteiger partial charge in [-0.2, -0.15) is 0 Å². The summed E-state index contributed by atoms with van der Waals surface area (Å²) in [6, 6.07) is 37.7. The van der Waals surface area contributed by atoms with Crippen molar-refractivity contribution in [1.82, 2.24) is 0 Å². The van der Waals surface area contributed by atoms with E-state index in [1.54, 1.807) is 36.4 Å². The lowest BCUT2D eigenvalue weighted by atomic mass is 9.96. The number of rotatable bonds is 5. The van der Waals surface area contributed by atoms with Gasteiger partial charge in [-0.05, 0) is 99.4 Å². The first-order valence-corrected chi connectivity index (χ1v) is 12.0. The molecule has 37 heavy (non-hydrogen) atoms. The number of hydrogen-bond acceptors (Lipinski definition) is 1. The quantitative estimate of drug-likeness (QED) is 0.173. The first kappa shape index (κ1) is 20.4. The van der Waals surface area contributed by atoms with Crippen LogP contribution >= 0.6 is 0 Å². The van der Waals surface area contributed by atoms with Crippen molar-refractivity contribution < 1.29 is 11.5 Å². The Labute approximate surface area is 217 Å². The van der Waals surface area contributed by atoms with E-state index in [2.05, 4.69) is 6.07 Å². The maximum absolute atomic E-state index is 13.6. The lowest BCUT2D eigenvalue weighted by Crippen LogP contribution is -2.09. The van der Waals surface area contributed by atoms with Gasteiger partial charge in [0.1, 0.15) is 11.6 Å². The fourth-order valence-corrected chi connectivity index (χ4v) is 4.62. The van der Waals surface area contributed by atoms with Crippen molar-refractivity contribution in [3.8, 4) is 0 Å². The van der Waals surface area contributed by atoms with Gasteiger partial charge in [0.05, 0.1) is 2.74 Å². The van der Waals surface area contributed by atoms with Gasteiger partial charge in [-0.1, -0.05) is 72.8 Å². The van der Waals surface area contributed by atoms with Gasteiger partial charge in [-0.3, -0.25) is 0 Å². The van der Waals surface area contributed by atoms with E-state index < -0.39 is 0 Å². The number of benzene rings is 6. The van der Waals surface area contributed by atoms with E-state index in [0.29, 0.717) is 22.5 Å². The molecule has 0 fully saturated rings. The third-order valence-corrected chi connectivity index (χ3v) is 6.40. The summed E-state index contributed by atoms with van der Waals surface area (Å²) in [5.74, 6) is -0.692. The zero-order valence-electron chi connectivity index (χ0n) is 21.8. The number of halogens is 2. The Balaban J connectivity index is 1.43. The van der Waals surface area contributed by atoms with Crippen LogP contribution in [-0.4, -0.2) is 0 Å². The summed E-state index contributed by atoms with van der Waals surface area (Å²) in [5, 5.41) is 4.12. The van der Waals surface area contributed by atoms with Crippen molar-refractivity contribution in [2.45, 2.75) is 0 Å². The topological polar surface area (TPSA) is 3.24 Å². The molecule has 0 unspecified atom stereocenters. The molecular formula is C34H23F2N. The maximum atomic E-state index is 13.6. The largest absolute Gasteiger partial charge is 0.310 e. The summed E-state index contributed by atoms with van der Waals surface area (Å²) in [5.41, 5.74) is 3.48. The van der Waals surface area contributed by atoms with Crippen LogP contribution in [0.25, 0.3) is 33.6 Å². The van der Waals surface area contributed by atoms with Crippen LogP contribution in [0.3, 0.4) is 0 Å². The second-order valence-corrected chi connectivity index (χ2v) is 8.78. The molecule has 1 nitrogen and oxygen atoms in total. The van der Waals surface area contributed by atoms with Gasteiger partial charge in [0.15, 0.2) is 0 Å². The fraction of sp³-hybridized carbons (Fsp3) is 0. The van der Waals surface area contributed by atoms with Crippen LogP contribution in [0.5, 0.6) is 0 Å². The molecule has 0 aromatic heterocycles. The molecule has 0 heterocycles. The van der Waals surface area contributed by atoms with Crippen LogP contribution in [0.2, 0.25) is 0 Å². The third-order valence-electron chi connectivity index (χ3n) is 6.40.